The molecular weight excluding hydrogens is 799 g/mol. The zero-order chi connectivity index (χ0) is 45.5. The Bertz CT molecular complexity index is 2190. The van der Waals surface area contributed by atoms with Crippen molar-refractivity contribution in [3.63, 3.8) is 0 Å². The third-order valence-corrected chi connectivity index (χ3v) is 11.3. The number of fused-ring (bicyclic) bond motifs is 2. The Morgan fingerprint density at radius 1 is 0.613 bits per heavy atom. The molecule has 2 heterocycles. The number of para-hydroxylation sites is 2. The number of H-pyrrole nitrogens is 2. The summed E-state index contributed by atoms with van der Waals surface area (Å²) in [5.74, 6) is -7.69. The number of hydrogen-bond donors (Lipinski definition) is 11. The van der Waals surface area contributed by atoms with Crippen molar-refractivity contribution in [2.45, 2.75) is 115 Å². The van der Waals surface area contributed by atoms with Crippen LogP contribution in [0.25, 0.3) is 21.8 Å². The van der Waals surface area contributed by atoms with Crippen LogP contribution in [0, 0.1) is 11.8 Å². The monoisotopic (exact) mass is 859 g/mol. The molecule has 0 unspecified atom stereocenters. The van der Waals surface area contributed by atoms with Gasteiger partial charge in [0.05, 0.1) is 12.5 Å². The molecule has 5 amide bonds. The Labute approximate surface area is 360 Å². The third-order valence-electron chi connectivity index (χ3n) is 11.3. The highest BCUT2D eigenvalue weighted by atomic mass is 16.4. The van der Waals surface area contributed by atoms with Crippen LogP contribution in [0.5, 0.6) is 0 Å². The number of aliphatic carboxylic acids is 2. The number of hydrogen-bond acceptors (Lipinski definition) is 9. The van der Waals surface area contributed by atoms with E-state index in [-0.39, 0.29) is 19.3 Å². The smallest absolute Gasteiger partial charge is 0.326 e. The highest BCUT2D eigenvalue weighted by Gasteiger charge is 2.36. The van der Waals surface area contributed by atoms with E-state index in [1.165, 1.54) is 0 Å². The summed E-state index contributed by atoms with van der Waals surface area (Å²) in [6, 6.07) is 7.06. The molecule has 0 aliphatic carbocycles. The molecule has 4 aromatic rings. The lowest BCUT2D eigenvalue weighted by molar-refractivity contribution is -0.142. The van der Waals surface area contributed by atoms with Crippen LogP contribution in [0.4, 0.5) is 0 Å². The lowest BCUT2D eigenvalue weighted by Crippen LogP contribution is -2.61. The van der Waals surface area contributed by atoms with E-state index in [9.17, 15) is 43.8 Å². The number of aromatic amines is 2. The summed E-state index contributed by atoms with van der Waals surface area (Å²) in [4.78, 5) is 99.5. The van der Waals surface area contributed by atoms with Crippen LogP contribution in [0.15, 0.2) is 60.9 Å². The average molecular weight is 860 g/mol. The van der Waals surface area contributed by atoms with Gasteiger partial charge < -0.3 is 58.2 Å². The van der Waals surface area contributed by atoms with Gasteiger partial charge in [0, 0.05) is 40.6 Å². The molecule has 2 aromatic heterocycles. The molecule has 18 nitrogen and oxygen atoms in total. The van der Waals surface area contributed by atoms with Crippen LogP contribution in [-0.2, 0) is 46.4 Å². The van der Waals surface area contributed by atoms with Gasteiger partial charge >= 0.3 is 11.9 Å². The first-order valence-corrected chi connectivity index (χ1v) is 21.1. The van der Waals surface area contributed by atoms with Gasteiger partial charge in [0.1, 0.15) is 30.2 Å². The van der Waals surface area contributed by atoms with Gasteiger partial charge in [0.25, 0.3) is 0 Å². The molecule has 0 saturated carbocycles. The van der Waals surface area contributed by atoms with E-state index in [2.05, 4.69) is 36.6 Å². The van der Waals surface area contributed by atoms with Gasteiger partial charge in [0.2, 0.25) is 29.5 Å². The maximum Gasteiger partial charge on any atom is 0.326 e. The number of amides is 5. The molecule has 4 rings (SSSR count). The highest BCUT2D eigenvalue weighted by Crippen LogP contribution is 2.21. The van der Waals surface area contributed by atoms with Crippen molar-refractivity contribution in [1.82, 2.24) is 36.6 Å². The molecule has 0 bridgehead atoms. The molecule has 0 aliphatic heterocycles. The molecule has 13 N–H and O–H groups in total. The summed E-state index contributed by atoms with van der Waals surface area (Å²) in [5.41, 5.74) is 15.1. The second kappa shape index (κ2) is 23.1. The van der Waals surface area contributed by atoms with E-state index >= 15 is 0 Å². The summed E-state index contributed by atoms with van der Waals surface area (Å²) in [6.07, 6.45) is 4.52. The molecule has 8 atom stereocenters. The third kappa shape index (κ3) is 13.1. The predicted octanol–water partition coefficient (Wildman–Crippen LogP) is 1.97. The first kappa shape index (κ1) is 48.4. The van der Waals surface area contributed by atoms with Gasteiger partial charge in [-0.3, -0.25) is 28.8 Å². The Balaban J connectivity index is 1.48. The molecule has 62 heavy (non-hydrogen) atoms. The van der Waals surface area contributed by atoms with Crippen LogP contribution >= 0.6 is 0 Å². The molecule has 0 saturated heterocycles. The molecule has 2 aromatic carbocycles. The van der Waals surface area contributed by atoms with E-state index in [4.69, 9.17) is 11.5 Å². The van der Waals surface area contributed by atoms with Crippen molar-refractivity contribution in [2.24, 2.45) is 23.3 Å². The minimum atomic E-state index is -1.68. The number of aromatic nitrogens is 2. The number of rotatable bonds is 25. The fourth-order valence-corrected chi connectivity index (χ4v) is 7.21. The predicted molar refractivity (Wildman–Crippen MR) is 233 cm³/mol. The standard InChI is InChI=1S/C44H61N9O9/c1-5-24(3)37(42(59)51-35(44(61)62)20-27-23-48-32-16-10-8-14-29(27)32)53-43(60)38(25(4)6-2)52-41(58)34(21-36(54)55)50-40(57)33(17-11-12-18-45)49-39(56)30(46)19-26-22-47-31-15-9-7-13-28(26)31/h7-10,13-16,22-25,30,33-35,37-38,47-48H,5-6,11-12,17-21,45-46H2,1-4H3,(H,49,56)(H,50,57)(H,51,59)(H,52,58)(H,53,60)(H,54,55)(H,61,62)/t24-,25-,30+,33-,34-,35-,37-,38-/m0/s1. The number of carbonyl (C=O) groups excluding carboxylic acids is 5. The first-order chi connectivity index (χ1) is 29.6. The van der Waals surface area contributed by atoms with Crippen molar-refractivity contribution >= 4 is 63.3 Å². The Hall–Kier alpha value is -6.27. The summed E-state index contributed by atoms with van der Waals surface area (Å²) >= 11 is 0. The van der Waals surface area contributed by atoms with E-state index < -0.39 is 96.0 Å². The Morgan fingerprint density at radius 3 is 1.60 bits per heavy atom. The lowest BCUT2D eigenvalue weighted by atomic mass is 9.94. The van der Waals surface area contributed by atoms with Crippen LogP contribution in [0.3, 0.4) is 0 Å². The summed E-state index contributed by atoms with van der Waals surface area (Å²) in [6.45, 7) is 7.28. The number of benzene rings is 2. The molecule has 0 radical (unpaired) electrons. The topological polar surface area (TPSA) is 304 Å². The Kier molecular flexibility index (Phi) is 18.0. The second-order valence-corrected chi connectivity index (χ2v) is 15.9. The lowest BCUT2D eigenvalue weighted by Gasteiger charge is -2.30. The van der Waals surface area contributed by atoms with Gasteiger partial charge in [-0.15, -0.1) is 0 Å². The fourth-order valence-electron chi connectivity index (χ4n) is 7.21. The molecule has 336 valence electrons. The van der Waals surface area contributed by atoms with Gasteiger partial charge in [-0.25, -0.2) is 4.79 Å². The quantitative estimate of drug-likeness (QED) is 0.0428. The van der Waals surface area contributed by atoms with Gasteiger partial charge in [-0.1, -0.05) is 76.9 Å². The fraction of sp³-hybridized carbons (Fsp3) is 0.477. The molecule has 0 fully saturated rings. The molecular formula is C44H61N9O9. The average Bonchev–Trinajstić information content (AvgIpc) is 3.86. The van der Waals surface area contributed by atoms with Gasteiger partial charge in [0.15, 0.2) is 0 Å². The number of unbranched alkanes of at least 4 members (excludes halogenated alkanes) is 1. The number of carbonyl (C=O) groups is 7. The number of nitrogens with one attached hydrogen (secondary N) is 7. The zero-order valence-corrected chi connectivity index (χ0v) is 35.7. The SMILES string of the molecule is CC[C@H](C)[C@H](NC(=O)[C@H](CC(=O)O)NC(=O)[C@H](CCCCN)NC(=O)[C@H](N)Cc1c[nH]c2ccccc12)C(=O)N[C@H](C(=O)N[C@@H](Cc1c[nH]c2ccccc12)C(=O)O)[C@@H](C)CC. The number of nitrogens with two attached hydrogens (primary N) is 2. The van der Waals surface area contributed by atoms with E-state index in [0.717, 1.165) is 27.4 Å². The van der Waals surface area contributed by atoms with Crippen molar-refractivity contribution in [1.29, 1.82) is 0 Å². The van der Waals surface area contributed by atoms with Crippen LogP contribution in [0.2, 0.25) is 0 Å². The maximum absolute atomic E-state index is 14.0. The first-order valence-electron chi connectivity index (χ1n) is 21.1. The van der Waals surface area contributed by atoms with Crippen molar-refractivity contribution in [3.05, 3.63) is 72.1 Å². The minimum Gasteiger partial charge on any atom is -0.481 e. The summed E-state index contributed by atoms with van der Waals surface area (Å²) in [7, 11) is 0. The van der Waals surface area contributed by atoms with Crippen molar-refractivity contribution < 1.29 is 43.8 Å². The minimum absolute atomic E-state index is 0.0378. The number of carboxylic acids is 2. The number of carboxylic acid groups (broad SMARTS) is 2. The largest absolute Gasteiger partial charge is 0.481 e. The second-order valence-electron chi connectivity index (χ2n) is 15.9. The van der Waals surface area contributed by atoms with Gasteiger partial charge in [-0.05, 0) is 67.3 Å². The van der Waals surface area contributed by atoms with Crippen molar-refractivity contribution in [2.75, 3.05) is 6.54 Å². The van der Waals surface area contributed by atoms with Crippen LogP contribution in [-0.4, -0.2) is 104 Å². The maximum atomic E-state index is 14.0. The van der Waals surface area contributed by atoms with Gasteiger partial charge in [-0.2, -0.15) is 0 Å². The van der Waals surface area contributed by atoms with E-state index in [0.29, 0.717) is 37.8 Å². The van der Waals surface area contributed by atoms with E-state index in [1.807, 2.05) is 48.5 Å². The molecule has 0 aliphatic rings. The zero-order valence-electron chi connectivity index (χ0n) is 35.7. The van der Waals surface area contributed by atoms with Crippen LogP contribution < -0.4 is 38.1 Å². The normalized spacial score (nSPS) is 15.3. The van der Waals surface area contributed by atoms with Crippen molar-refractivity contribution in [3.8, 4) is 0 Å². The molecule has 18 heteroatoms. The highest BCUT2D eigenvalue weighted by molar-refractivity contribution is 5.98. The van der Waals surface area contributed by atoms with E-state index in [1.54, 1.807) is 40.1 Å². The molecule has 0 spiro atoms. The summed E-state index contributed by atoms with van der Waals surface area (Å²) < 4.78 is 0. The van der Waals surface area contributed by atoms with Crippen LogP contribution in [0.1, 0.15) is 77.3 Å². The summed E-state index contributed by atoms with van der Waals surface area (Å²) in [5, 5.41) is 34.6. The Morgan fingerprint density at radius 2 is 1.08 bits per heavy atom.